The number of esters is 1. The normalized spacial score (nSPS) is 12.6. The lowest BCUT2D eigenvalue weighted by atomic mass is 10.1. The summed E-state index contributed by atoms with van der Waals surface area (Å²) in [6.45, 7) is 0.991. The van der Waals surface area contributed by atoms with Crippen molar-refractivity contribution >= 4 is 23.5 Å². The number of anilines is 1. The highest BCUT2D eigenvalue weighted by Gasteiger charge is 2.25. The first-order chi connectivity index (χ1) is 12.6. The Labute approximate surface area is 150 Å². The summed E-state index contributed by atoms with van der Waals surface area (Å²) in [4.78, 5) is 37.5. The molecule has 0 saturated heterocycles. The summed E-state index contributed by atoms with van der Waals surface area (Å²) in [5.41, 5.74) is 2.29. The predicted octanol–water partition coefficient (Wildman–Crippen LogP) is 2.17. The van der Waals surface area contributed by atoms with Gasteiger partial charge >= 0.3 is 5.97 Å². The van der Waals surface area contributed by atoms with Crippen molar-refractivity contribution in [3.63, 3.8) is 0 Å². The Hall–Kier alpha value is -3.09. The van der Waals surface area contributed by atoms with Gasteiger partial charge in [-0.2, -0.15) is 0 Å². The fourth-order valence-corrected chi connectivity index (χ4v) is 2.98. The number of ether oxygens (including phenoxy) is 1. The summed E-state index contributed by atoms with van der Waals surface area (Å²) in [6, 6.07) is 8.46. The summed E-state index contributed by atoms with van der Waals surface area (Å²) in [5.74, 6) is -0.415. The topological polar surface area (TPSA) is 88.9 Å². The van der Waals surface area contributed by atoms with E-state index in [9.17, 15) is 14.4 Å². The second-order valence-corrected chi connectivity index (χ2v) is 5.97. The summed E-state index contributed by atoms with van der Waals surface area (Å²) < 4.78 is 9.73. The van der Waals surface area contributed by atoms with E-state index in [1.807, 2.05) is 0 Å². The molecular weight excluding hydrogens is 336 g/mol. The Bertz CT molecular complexity index is 813. The molecule has 0 radical (unpaired) electrons. The van der Waals surface area contributed by atoms with Crippen molar-refractivity contribution in [2.45, 2.75) is 19.3 Å². The van der Waals surface area contributed by atoms with Crippen molar-refractivity contribution in [1.82, 2.24) is 5.32 Å². The van der Waals surface area contributed by atoms with Gasteiger partial charge in [0.2, 0.25) is 5.91 Å². The first-order valence-electron chi connectivity index (χ1n) is 8.43. The number of carbonyl (C=O) groups excluding carboxylic acids is 3. The molecule has 1 aliphatic rings. The van der Waals surface area contributed by atoms with Crippen LogP contribution in [0.2, 0.25) is 0 Å². The number of rotatable bonds is 6. The predicted molar refractivity (Wildman–Crippen MR) is 94.1 cm³/mol. The largest absolute Gasteiger partial charge is 0.465 e. The minimum absolute atomic E-state index is 0.00168. The van der Waals surface area contributed by atoms with E-state index < -0.39 is 0 Å². The molecule has 7 heteroatoms. The van der Waals surface area contributed by atoms with Gasteiger partial charge in [0.15, 0.2) is 5.76 Å². The number of carbonyl (C=O) groups is 3. The molecule has 0 spiro atoms. The van der Waals surface area contributed by atoms with Crippen LogP contribution in [0.3, 0.4) is 0 Å². The molecular formula is C19H20N2O5. The molecule has 0 fully saturated rings. The zero-order chi connectivity index (χ0) is 18.5. The second-order valence-electron chi connectivity index (χ2n) is 5.97. The van der Waals surface area contributed by atoms with Crippen molar-refractivity contribution in [2.24, 2.45) is 0 Å². The van der Waals surface area contributed by atoms with Gasteiger partial charge in [0.1, 0.15) is 0 Å². The van der Waals surface area contributed by atoms with Crippen LogP contribution in [-0.2, 0) is 16.0 Å². The maximum absolute atomic E-state index is 12.5. The van der Waals surface area contributed by atoms with Crippen LogP contribution >= 0.6 is 0 Å². The minimum atomic E-state index is -0.384. The third-order valence-corrected chi connectivity index (χ3v) is 4.30. The first kappa shape index (κ1) is 17.7. The number of amides is 2. The van der Waals surface area contributed by atoms with E-state index in [2.05, 4.69) is 5.32 Å². The van der Waals surface area contributed by atoms with Crippen LogP contribution in [0.15, 0.2) is 41.0 Å². The fourth-order valence-electron chi connectivity index (χ4n) is 2.98. The molecule has 1 N–H and O–H groups in total. The number of methoxy groups -OCH3 is 1. The van der Waals surface area contributed by atoms with Crippen LogP contribution in [0.5, 0.6) is 0 Å². The number of hydrogen-bond donors (Lipinski definition) is 1. The molecule has 136 valence electrons. The molecule has 0 saturated carbocycles. The van der Waals surface area contributed by atoms with Crippen molar-refractivity contribution in [3.8, 4) is 0 Å². The smallest absolute Gasteiger partial charge is 0.337 e. The average Bonchev–Trinajstić information content (AvgIpc) is 3.33. The van der Waals surface area contributed by atoms with Crippen LogP contribution in [0, 0.1) is 0 Å². The first-order valence-corrected chi connectivity index (χ1v) is 8.43. The number of nitrogens with zero attached hydrogens (tertiary/aromatic N) is 1. The molecule has 1 aromatic heterocycles. The zero-order valence-electron chi connectivity index (χ0n) is 14.5. The SMILES string of the molecule is COC(=O)c1ccc2c(c1)CCN2C(=O)CCCNC(=O)c1ccco1. The third-order valence-electron chi connectivity index (χ3n) is 4.30. The van der Waals surface area contributed by atoms with Crippen LogP contribution in [0.25, 0.3) is 0 Å². The van der Waals surface area contributed by atoms with Gasteiger partial charge < -0.3 is 19.4 Å². The molecule has 7 nitrogen and oxygen atoms in total. The highest BCUT2D eigenvalue weighted by atomic mass is 16.5. The van der Waals surface area contributed by atoms with Gasteiger partial charge in [-0.05, 0) is 48.7 Å². The average molecular weight is 356 g/mol. The lowest BCUT2D eigenvalue weighted by molar-refractivity contribution is -0.118. The van der Waals surface area contributed by atoms with Crippen LogP contribution in [-0.4, -0.2) is 38.0 Å². The van der Waals surface area contributed by atoms with Crippen molar-refractivity contribution in [2.75, 3.05) is 25.1 Å². The van der Waals surface area contributed by atoms with E-state index in [4.69, 9.17) is 9.15 Å². The minimum Gasteiger partial charge on any atom is -0.465 e. The van der Waals surface area contributed by atoms with E-state index in [0.717, 1.165) is 11.3 Å². The summed E-state index contributed by atoms with van der Waals surface area (Å²) in [5, 5.41) is 2.72. The quantitative estimate of drug-likeness (QED) is 0.633. The van der Waals surface area contributed by atoms with E-state index >= 15 is 0 Å². The summed E-state index contributed by atoms with van der Waals surface area (Å²) >= 11 is 0. The Kier molecular flexibility index (Phi) is 5.36. The molecule has 0 atom stereocenters. The van der Waals surface area contributed by atoms with Crippen molar-refractivity contribution in [3.05, 3.63) is 53.5 Å². The highest BCUT2D eigenvalue weighted by molar-refractivity contribution is 5.97. The Balaban J connectivity index is 1.51. The number of hydrogen-bond acceptors (Lipinski definition) is 5. The molecule has 26 heavy (non-hydrogen) atoms. The van der Waals surface area contributed by atoms with Gasteiger partial charge in [-0.25, -0.2) is 4.79 Å². The Morgan fingerprint density at radius 1 is 1.27 bits per heavy atom. The molecule has 1 aliphatic heterocycles. The lowest BCUT2D eigenvalue weighted by Gasteiger charge is -2.17. The van der Waals surface area contributed by atoms with Gasteiger partial charge in [-0.3, -0.25) is 9.59 Å². The van der Waals surface area contributed by atoms with Crippen LogP contribution in [0.1, 0.15) is 39.3 Å². The number of nitrogens with one attached hydrogen (secondary N) is 1. The van der Waals surface area contributed by atoms with Gasteiger partial charge in [-0.1, -0.05) is 0 Å². The molecule has 0 bridgehead atoms. The maximum atomic E-state index is 12.5. The molecule has 2 aromatic rings. The van der Waals surface area contributed by atoms with Crippen LogP contribution < -0.4 is 10.2 Å². The van der Waals surface area contributed by atoms with E-state index in [1.165, 1.54) is 13.4 Å². The standard InChI is InChI=1S/C19H20N2O5/c1-25-19(24)14-6-7-15-13(12-14)8-10-21(15)17(22)5-2-9-20-18(23)16-4-3-11-26-16/h3-4,6-7,11-12H,2,5,8-10H2,1H3,(H,20,23). The number of benzene rings is 1. The van der Waals surface area contributed by atoms with Gasteiger partial charge in [0.05, 0.1) is 18.9 Å². The molecule has 0 aliphatic carbocycles. The molecule has 1 aromatic carbocycles. The van der Waals surface area contributed by atoms with E-state index in [1.54, 1.807) is 35.2 Å². The lowest BCUT2D eigenvalue weighted by Crippen LogP contribution is -2.30. The summed E-state index contributed by atoms with van der Waals surface area (Å²) in [7, 11) is 1.34. The number of fused-ring (bicyclic) bond motifs is 1. The zero-order valence-corrected chi connectivity index (χ0v) is 14.5. The monoisotopic (exact) mass is 356 g/mol. The highest BCUT2D eigenvalue weighted by Crippen LogP contribution is 2.29. The second kappa shape index (κ2) is 7.86. The van der Waals surface area contributed by atoms with Crippen molar-refractivity contribution in [1.29, 1.82) is 0 Å². The van der Waals surface area contributed by atoms with Gasteiger partial charge in [0, 0.05) is 25.2 Å². The van der Waals surface area contributed by atoms with Crippen molar-refractivity contribution < 1.29 is 23.5 Å². The molecule has 0 unspecified atom stereocenters. The van der Waals surface area contributed by atoms with Crippen LogP contribution in [0.4, 0.5) is 5.69 Å². The fraction of sp³-hybridized carbons (Fsp3) is 0.316. The summed E-state index contributed by atoms with van der Waals surface area (Å²) in [6.07, 6.45) is 3.02. The van der Waals surface area contributed by atoms with E-state index in [0.29, 0.717) is 37.9 Å². The third kappa shape index (κ3) is 3.77. The molecule has 2 heterocycles. The number of furan rings is 1. The van der Waals surface area contributed by atoms with Gasteiger partial charge in [-0.15, -0.1) is 0 Å². The Morgan fingerprint density at radius 3 is 2.85 bits per heavy atom. The molecule has 3 rings (SSSR count). The maximum Gasteiger partial charge on any atom is 0.337 e. The van der Waals surface area contributed by atoms with Gasteiger partial charge in [0.25, 0.3) is 5.91 Å². The molecule has 2 amide bonds. The Morgan fingerprint density at radius 2 is 2.12 bits per heavy atom. The van der Waals surface area contributed by atoms with E-state index in [-0.39, 0.29) is 23.5 Å².